The number of hydrogen-bond donors (Lipinski definition) is 1. The summed E-state index contributed by atoms with van der Waals surface area (Å²) < 4.78 is 11.3. The van der Waals surface area contributed by atoms with Gasteiger partial charge in [-0.1, -0.05) is 29.8 Å². The normalized spacial score (nSPS) is 15.5. The Balaban J connectivity index is 1.44. The van der Waals surface area contributed by atoms with Crippen molar-refractivity contribution < 1.29 is 19.1 Å². The third kappa shape index (κ3) is 4.47. The molecule has 1 aliphatic rings. The molecule has 1 saturated heterocycles. The average molecular weight is 436 g/mol. The fraction of sp³-hybridized carbons (Fsp3) is 0.400. The molecule has 0 saturated carbocycles. The van der Waals surface area contributed by atoms with Gasteiger partial charge in [-0.2, -0.15) is 5.10 Å². The minimum atomic E-state index is -0.647. The standard InChI is InChI=1S/C25H29N3O4/c1-3-31-24(30)25(13-16-32-19-7-5-4-6-8-19)11-14-28(15-12-25)23(29)22-20-17-18(2)9-10-21(20)26-27-22/h4-10,17H,3,11-16H2,1-2H3,(H,26,27). The van der Waals surface area contributed by atoms with E-state index in [2.05, 4.69) is 10.2 Å². The van der Waals surface area contributed by atoms with Gasteiger partial charge in [0.05, 0.1) is 24.1 Å². The fourth-order valence-corrected chi connectivity index (χ4v) is 4.30. The number of fused-ring (bicyclic) bond motifs is 1. The van der Waals surface area contributed by atoms with Crippen LogP contribution in [0.1, 0.15) is 42.2 Å². The number of carbonyl (C=O) groups excluding carboxylic acids is 2. The third-order valence-corrected chi connectivity index (χ3v) is 6.23. The quantitative estimate of drug-likeness (QED) is 0.564. The van der Waals surface area contributed by atoms with Crippen LogP contribution in [0.2, 0.25) is 0 Å². The summed E-state index contributed by atoms with van der Waals surface area (Å²) in [7, 11) is 0. The van der Waals surface area contributed by atoms with E-state index in [1.165, 1.54) is 0 Å². The van der Waals surface area contributed by atoms with Gasteiger partial charge in [-0.3, -0.25) is 14.7 Å². The number of likely N-dealkylation sites (tertiary alicyclic amines) is 1. The van der Waals surface area contributed by atoms with Crippen LogP contribution in [-0.4, -0.2) is 53.3 Å². The topological polar surface area (TPSA) is 84.5 Å². The van der Waals surface area contributed by atoms with Crippen molar-refractivity contribution in [3.05, 3.63) is 59.8 Å². The van der Waals surface area contributed by atoms with Gasteiger partial charge in [0.15, 0.2) is 5.69 Å². The molecular weight excluding hydrogens is 406 g/mol. The molecule has 3 aromatic rings. The van der Waals surface area contributed by atoms with Gasteiger partial charge in [-0.15, -0.1) is 0 Å². The summed E-state index contributed by atoms with van der Waals surface area (Å²) >= 11 is 0. The molecule has 1 aromatic heterocycles. The summed E-state index contributed by atoms with van der Waals surface area (Å²) in [4.78, 5) is 27.9. The highest BCUT2D eigenvalue weighted by Gasteiger charge is 2.43. The van der Waals surface area contributed by atoms with Gasteiger partial charge in [-0.25, -0.2) is 0 Å². The number of esters is 1. The lowest BCUT2D eigenvalue weighted by Gasteiger charge is -2.39. The van der Waals surface area contributed by atoms with Crippen LogP contribution in [0.25, 0.3) is 10.9 Å². The Labute approximate surface area is 187 Å². The van der Waals surface area contributed by atoms with Gasteiger partial charge in [0, 0.05) is 18.5 Å². The van der Waals surface area contributed by atoms with Crippen LogP contribution in [-0.2, 0) is 9.53 Å². The lowest BCUT2D eigenvalue weighted by molar-refractivity contribution is -0.159. The Morgan fingerprint density at radius 3 is 2.59 bits per heavy atom. The van der Waals surface area contributed by atoms with E-state index in [0.29, 0.717) is 51.3 Å². The van der Waals surface area contributed by atoms with E-state index >= 15 is 0 Å². The zero-order chi connectivity index (χ0) is 22.6. The van der Waals surface area contributed by atoms with E-state index in [4.69, 9.17) is 9.47 Å². The molecule has 0 unspecified atom stereocenters. The molecule has 0 aliphatic carbocycles. The molecule has 0 bridgehead atoms. The van der Waals surface area contributed by atoms with E-state index in [9.17, 15) is 9.59 Å². The highest BCUT2D eigenvalue weighted by molar-refractivity contribution is 6.04. The number of nitrogens with zero attached hydrogens (tertiary/aromatic N) is 2. The van der Waals surface area contributed by atoms with E-state index in [1.54, 1.807) is 4.90 Å². The number of amides is 1. The van der Waals surface area contributed by atoms with E-state index < -0.39 is 5.41 Å². The summed E-state index contributed by atoms with van der Waals surface area (Å²) in [5.41, 5.74) is 1.70. The maximum atomic E-state index is 13.2. The third-order valence-electron chi connectivity index (χ3n) is 6.23. The Morgan fingerprint density at radius 1 is 1.12 bits per heavy atom. The van der Waals surface area contributed by atoms with Crippen molar-refractivity contribution in [2.24, 2.45) is 5.41 Å². The molecule has 1 N–H and O–H groups in total. The number of aryl methyl sites for hydroxylation is 1. The molecule has 2 heterocycles. The summed E-state index contributed by atoms with van der Waals surface area (Å²) in [6, 6.07) is 15.5. The number of aromatic nitrogens is 2. The Morgan fingerprint density at radius 2 is 1.88 bits per heavy atom. The number of hydrogen-bond acceptors (Lipinski definition) is 5. The molecule has 2 aromatic carbocycles. The second-order valence-corrected chi connectivity index (χ2v) is 8.33. The summed E-state index contributed by atoms with van der Waals surface area (Å²) in [5, 5.41) is 8.04. The summed E-state index contributed by atoms with van der Waals surface area (Å²) in [5.74, 6) is 0.462. The first kappa shape index (κ1) is 21.9. The SMILES string of the molecule is CCOC(=O)C1(CCOc2ccccc2)CCN(C(=O)c2n[nH]c3ccc(C)cc23)CC1. The zero-order valence-corrected chi connectivity index (χ0v) is 18.6. The van der Waals surface area contributed by atoms with Gasteiger partial charge in [0.2, 0.25) is 0 Å². The molecule has 4 rings (SSSR count). The maximum Gasteiger partial charge on any atom is 0.312 e. The fourth-order valence-electron chi connectivity index (χ4n) is 4.30. The first-order valence-electron chi connectivity index (χ1n) is 11.1. The van der Waals surface area contributed by atoms with Crippen LogP contribution in [0.15, 0.2) is 48.5 Å². The number of benzene rings is 2. The maximum absolute atomic E-state index is 13.2. The van der Waals surface area contributed by atoms with Crippen LogP contribution >= 0.6 is 0 Å². The average Bonchev–Trinajstić information content (AvgIpc) is 3.23. The highest BCUT2D eigenvalue weighted by atomic mass is 16.5. The van der Waals surface area contributed by atoms with Crippen LogP contribution in [0.4, 0.5) is 0 Å². The van der Waals surface area contributed by atoms with E-state index in [-0.39, 0.29) is 11.9 Å². The first-order valence-corrected chi connectivity index (χ1v) is 11.1. The Bertz CT molecular complexity index is 1090. The van der Waals surface area contributed by atoms with Crippen molar-refractivity contribution in [3.8, 4) is 5.75 Å². The monoisotopic (exact) mass is 435 g/mol. The number of aromatic amines is 1. The lowest BCUT2D eigenvalue weighted by Crippen LogP contribution is -2.48. The van der Waals surface area contributed by atoms with Crippen LogP contribution < -0.4 is 4.74 Å². The van der Waals surface area contributed by atoms with Gasteiger partial charge in [0.25, 0.3) is 5.91 Å². The molecule has 1 fully saturated rings. The molecule has 0 atom stereocenters. The molecule has 7 heteroatoms. The van der Waals surface area contributed by atoms with E-state index in [1.807, 2.05) is 62.4 Å². The molecule has 0 radical (unpaired) electrons. The Hall–Kier alpha value is -3.35. The van der Waals surface area contributed by atoms with Crippen molar-refractivity contribution in [2.45, 2.75) is 33.1 Å². The molecule has 0 spiro atoms. The number of piperidine rings is 1. The predicted octanol–water partition coefficient (Wildman–Crippen LogP) is 4.13. The molecule has 32 heavy (non-hydrogen) atoms. The number of rotatable bonds is 7. The minimum absolute atomic E-state index is 0.111. The number of H-pyrrole nitrogens is 1. The van der Waals surface area contributed by atoms with Crippen LogP contribution in [0, 0.1) is 12.3 Å². The summed E-state index contributed by atoms with van der Waals surface area (Å²) in [6.07, 6.45) is 1.63. The van der Waals surface area contributed by atoms with Crippen molar-refractivity contribution in [3.63, 3.8) is 0 Å². The smallest absolute Gasteiger partial charge is 0.312 e. The molecular formula is C25H29N3O4. The van der Waals surface area contributed by atoms with Crippen molar-refractivity contribution in [1.29, 1.82) is 0 Å². The number of para-hydroxylation sites is 1. The second kappa shape index (κ2) is 9.42. The molecule has 168 valence electrons. The summed E-state index contributed by atoms with van der Waals surface area (Å²) in [6.45, 7) is 5.51. The minimum Gasteiger partial charge on any atom is -0.494 e. The number of nitrogens with one attached hydrogen (secondary N) is 1. The number of carbonyl (C=O) groups is 2. The van der Waals surface area contributed by atoms with E-state index in [0.717, 1.165) is 22.2 Å². The van der Waals surface area contributed by atoms with Crippen molar-refractivity contribution >= 4 is 22.8 Å². The molecule has 7 nitrogen and oxygen atoms in total. The first-order chi connectivity index (χ1) is 15.5. The second-order valence-electron chi connectivity index (χ2n) is 8.33. The van der Waals surface area contributed by atoms with Crippen molar-refractivity contribution in [1.82, 2.24) is 15.1 Å². The number of ether oxygens (including phenoxy) is 2. The zero-order valence-electron chi connectivity index (χ0n) is 18.6. The van der Waals surface area contributed by atoms with Gasteiger partial charge in [-0.05, 0) is 57.4 Å². The van der Waals surface area contributed by atoms with Gasteiger partial charge in [0.1, 0.15) is 5.75 Å². The van der Waals surface area contributed by atoms with Crippen molar-refractivity contribution in [2.75, 3.05) is 26.3 Å². The lowest BCUT2D eigenvalue weighted by atomic mass is 9.75. The van der Waals surface area contributed by atoms with Gasteiger partial charge < -0.3 is 14.4 Å². The molecule has 1 aliphatic heterocycles. The predicted molar refractivity (Wildman–Crippen MR) is 122 cm³/mol. The highest BCUT2D eigenvalue weighted by Crippen LogP contribution is 2.37. The van der Waals surface area contributed by atoms with Crippen LogP contribution in [0.3, 0.4) is 0 Å². The largest absolute Gasteiger partial charge is 0.494 e. The van der Waals surface area contributed by atoms with Gasteiger partial charge >= 0.3 is 5.97 Å². The van der Waals surface area contributed by atoms with Crippen LogP contribution in [0.5, 0.6) is 5.75 Å². The molecule has 1 amide bonds. The Kier molecular flexibility index (Phi) is 6.44.